The zero-order valence-corrected chi connectivity index (χ0v) is 15.0. The Balaban J connectivity index is 0.00000225. The van der Waals surface area contributed by atoms with E-state index in [1.807, 2.05) is 55.5 Å². The summed E-state index contributed by atoms with van der Waals surface area (Å²) in [5.74, 6) is 0.708. The first kappa shape index (κ1) is 19.2. The number of rotatable bonds is 5. The summed E-state index contributed by atoms with van der Waals surface area (Å²) in [5, 5.41) is 6.12. The van der Waals surface area contributed by atoms with Crippen LogP contribution in [0.15, 0.2) is 48.5 Å². The van der Waals surface area contributed by atoms with Crippen LogP contribution in [0.3, 0.4) is 0 Å². The molecule has 0 aromatic heterocycles. The predicted molar refractivity (Wildman–Crippen MR) is 100 cm³/mol. The number of benzene rings is 2. The predicted octanol–water partition coefficient (Wildman–Crippen LogP) is 2.92. The van der Waals surface area contributed by atoms with Gasteiger partial charge in [0.15, 0.2) is 0 Å². The van der Waals surface area contributed by atoms with E-state index in [0.29, 0.717) is 19.8 Å². The van der Waals surface area contributed by atoms with E-state index in [9.17, 15) is 4.79 Å². The van der Waals surface area contributed by atoms with Crippen LogP contribution in [0.4, 0.5) is 5.69 Å². The maximum Gasteiger partial charge on any atom is 0.254 e. The molecule has 1 heterocycles. The summed E-state index contributed by atoms with van der Waals surface area (Å²) >= 11 is 0. The van der Waals surface area contributed by atoms with Crippen molar-refractivity contribution >= 4 is 24.0 Å². The van der Waals surface area contributed by atoms with Gasteiger partial charge >= 0.3 is 0 Å². The lowest BCUT2D eigenvalue weighted by atomic mass is 10.1. The monoisotopic (exact) mass is 362 g/mol. The van der Waals surface area contributed by atoms with Gasteiger partial charge in [-0.2, -0.15) is 0 Å². The van der Waals surface area contributed by atoms with E-state index >= 15 is 0 Å². The van der Waals surface area contributed by atoms with Gasteiger partial charge in [-0.3, -0.25) is 4.79 Å². The molecule has 1 aliphatic heterocycles. The second kappa shape index (κ2) is 9.42. The van der Waals surface area contributed by atoms with Crippen molar-refractivity contribution in [2.24, 2.45) is 0 Å². The van der Waals surface area contributed by atoms with Gasteiger partial charge < -0.3 is 20.1 Å². The van der Waals surface area contributed by atoms with Crippen molar-refractivity contribution in [1.82, 2.24) is 5.32 Å². The number of carbonyl (C=O) groups excluding carboxylic acids is 1. The second-order valence-electron chi connectivity index (χ2n) is 5.74. The Labute approximate surface area is 154 Å². The molecule has 1 fully saturated rings. The van der Waals surface area contributed by atoms with Crippen molar-refractivity contribution < 1.29 is 14.3 Å². The van der Waals surface area contributed by atoms with Gasteiger partial charge in [-0.05, 0) is 36.2 Å². The molecule has 25 heavy (non-hydrogen) atoms. The Morgan fingerprint density at radius 2 is 2.04 bits per heavy atom. The number of anilines is 1. The Morgan fingerprint density at radius 3 is 2.76 bits per heavy atom. The van der Waals surface area contributed by atoms with Gasteiger partial charge in [0.2, 0.25) is 0 Å². The smallest absolute Gasteiger partial charge is 0.254 e. The van der Waals surface area contributed by atoms with E-state index in [-0.39, 0.29) is 18.3 Å². The van der Waals surface area contributed by atoms with Gasteiger partial charge in [-0.15, -0.1) is 12.4 Å². The highest BCUT2D eigenvalue weighted by Crippen LogP contribution is 2.21. The molecule has 5 nitrogen and oxygen atoms in total. The van der Waals surface area contributed by atoms with Gasteiger partial charge in [0.05, 0.1) is 6.61 Å². The summed E-state index contributed by atoms with van der Waals surface area (Å²) in [4.78, 5) is 12.3. The molecular formula is C19H23ClN2O3. The van der Waals surface area contributed by atoms with Gasteiger partial charge in [-0.1, -0.05) is 30.3 Å². The molecule has 1 atom stereocenters. The number of hydrogen-bond acceptors (Lipinski definition) is 4. The first-order valence-corrected chi connectivity index (χ1v) is 8.13. The molecule has 134 valence electrons. The van der Waals surface area contributed by atoms with E-state index < -0.39 is 6.10 Å². The van der Waals surface area contributed by atoms with Crippen molar-refractivity contribution in [1.29, 1.82) is 0 Å². The van der Waals surface area contributed by atoms with Crippen LogP contribution in [0.2, 0.25) is 0 Å². The Morgan fingerprint density at radius 1 is 1.24 bits per heavy atom. The zero-order valence-electron chi connectivity index (χ0n) is 14.2. The molecule has 2 aromatic carbocycles. The van der Waals surface area contributed by atoms with E-state index in [2.05, 4.69) is 10.6 Å². The third-order valence-electron chi connectivity index (χ3n) is 4.06. The number of ether oxygens (including phenoxy) is 2. The fourth-order valence-electron chi connectivity index (χ4n) is 2.60. The Hall–Kier alpha value is -2.08. The number of nitrogens with one attached hydrogen (secondary N) is 2. The van der Waals surface area contributed by atoms with Gasteiger partial charge in [0, 0.05) is 18.8 Å². The molecule has 2 aromatic rings. The lowest BCUT2D eigenvalue weighted by Crippen LogP contribution is -2.45. The van der Waals surface area contributed by atoms with Crippen LogP contribution < -0.4 is 15.4 Å². The molecule has 1 aliphatic rings. The molecule has 2 N–H and O–H groups in total. The lowest BCUT2D eigenvalue weighted by Gasteiger charge is -2.23. The standard InChI is InChI=1S/C19H22N2O3.ClH/c1-14-15(13-24-16-7-3-2-4-8-16)6-5-9-17(14)21-19(22)18-12-20-10-11-23-18;/h2-9,18,20H,10-13H2,1H3,(H,21,22);1H. The van der Waals surface area contributed by atoms with Gasteiger partial charge in [0.25, 0.3) is 5.91 Å². The van der Waals surface area contributed by atoms with Gasteiger partial charge in [-0.25, -0.2) is 0 Å². The minimum atomic E-state index is -0.442. The van der Waals surface area contributed by atoms with Crippen molar-refractivity contribution in [3.05, 3.63) is 59.7 Å². The quantitative estimate of drug-likeness (QED) is 0.858. The Bertz CT molecular complexity index is 688. The molecule has 6 heteroatoms. The van der Waals surface area contributed by atoms with Crippen molar-refractivity contribution in [3.63, 3.8) is 0 Å². The van der Waals surface area contributed by atoms with Crippen LogP contribution >= 0.6 is 12.4 Å². The van der Waals surface area contributed by atoms with E-state index in [4.69, 9.17) is 9.47 Å². The third-order valence-corrected chi connectivity index (χ3v) is 4.06. The fourth-order valence-corrected chi connectivity index (χ4v) is 2.60. The molecule has 0 spiro atoms. The molecule has 1 saturated heterocycles. The highest BCUT2D eigenvalue weighted by Gasteiger charge is 2.22. The third kappa shape index (κ3) is 5.19. The number of halogens is 1. The number of hydrogen-bond donors (Lipinski definition) is 2. The molecule has 1 unspecified atom stereocenters. The van der Waals surface area contributed by atoms with E-state index in [1.165, 1.54) is 0 Å². The fraction of sp³-hybridized carbons (Fsp3) is 0.316. The molecule has 0 bridgehead atoms. The number of para-hydroxylation sites is 1. The van der Waals surface area contributed by atoms with Crippen LogP contribution in [-0.2, 0) is 16.1 Å². The summed E-state index contributed by atoms with van der Waals surface area (Å²) in [7, 11) is 0. The highest BCUT2D eigenvalue weighted by atomic mass is 35.5. The SMILES string of the molecule is Cc1c(COc2ccccc2)cccc1NC(=O)C1CNCCO1.Cl. The van der Waals surface area contributed by atoms with E-state index in [1.54, 1.807) is 0 Å². The summed E-state index contributed by atoms with van der Waals surface area (Å²) in [6.45, 7) is 4.33. The summed E-state index contributed by atoms with van der Waals surface area (Å²) in [5.41, 5.74) is 2.84. The molecule has 1 amide bonds. The zero-order chi connectivity index (χ0) is 16.8. The highest BCUT2D eigenvalue weighted by molar-refractivity contribution is 5.95. The molecular weight excluding hydrogens is 340 g/mol. The maximum atomic E-state index is 12.3. The molecule has 0 saturated carbocycles. The topological polar surface area (TPSA) is 59.6 Å². The molecule has 0 aliphatic carbocycles. The van der Waals surface area contributed by atoms with Crippen LogP contribution in [-0.4, -0.2) is 31.7 Å². The van der Waals surface area contributed by atoms with Crippen LogP contribution in [0.25, 0.3) is 0 Å². The summed E-state index contributed by atoms with van der Waals surface area (Å²) in [6, 6.07) is 15.5. The summed E-state index contributed by atoms with van der Waals surface area (Å²) in [6.07, 6.45) is -0.442. The minimum Gasteiger partial charge on any atom is -0.489 e. The average Bonchev–Trinajstić information content (AvgIpc) is 2.64. The van der Waals surface area contributed by atoms with Crippen molar-refractivity contribution in [2.75, 3.05) is 25.0 Å². The van der Waals surface area contributed by atoms with Crippen LogP contribution in [0, 0.1) is 6.92 Å². The average molecular weight is 363 g/mol. The van der Waals surface area contributed by atoms with E-state index in [0.717, 1.165) is 29.1 Å². The van der Waals surface area contributed by atoms with Crippen LogP contribution in [0.1, 0.15) is 11.1 Å². The lowest BCUT2D eigenvalue weighted by molar-refractivity contribution is -0.128. The maximum absolute atomic E-state index is 12.3. The second-order valence-corrected chi connectivity index (χ2v) is 5.74. The van der Waals surface area contributed by atoms with Gasteiger partial charge in [0.1, 0.15) is 18.5 Å². The first-order valence-electron chi connectivity index (χ1n) is 8.13. The largest absolute Gasteiger partial charge is 0.489 e. The minimum absolute atomic E-state index is 0. The normalized spacial score (nSPS) is 16.6. The van der Waals surface area contributed by atoms with Crippen molar-refractivity contribution in [2.45, 2.75) is 19.6 Å². The molecule has 0 radical (unpaired) electrons. The number of carbonyl (C=O) groups is 1. The van der Waals surface area contributed by atoms with Crippen LogP contribution in [0.5, 0.6) is 5.75 Å². The first-order chi connectivity index (χ1) is 11.7. The number of morpholine rings is 1. The molecule has 3 rings (SSSR count). The summed E-state index contributed by atoms with van der Waals surface area (Å²) < 4.78 is 11.3. The Kier molecular flexibility index (Phi) is 7.25. The van der Waals surface area contributed by atoms with Crippen molar-refractivity contribution in [3.8, 4) is 5.75 Å². The number of amides is 1.